The summed E-state index contributed by atoms with van der Waals surface area (Å²) in [5, 5.41) is 0. The van der Waals surface area contributed by atoms with Gasteiger partial charge in [-0.1, -0.05) is 24.3 Å². The van der Waals surface area contributed by atoms with Crippen LogP contribution in [-0.4, -0.2) is 13.0 Å². The standard InChI is InChI=1S/C8H12O3S/c1-4-7(2)5-6-8(3)12(9,10)11/h4-6H,3H2,1-2H3,(H,9,10,11)/b6-5-,7-4-. The van der Waals surface area contributed by atoms with Crippen molar-refractivity contribution in [2.75, 3.05) is 0 Å². The average Bonchev–Trinajstić information content (AvgIpc) is 1.97. The topological polar surface area (TPSA) is 54.4 Å². The van der Waals surface area contributed by atoms with Crippen LogP contribution in [0.25, 0.3) is 0 Å². The van der Waals surface area contributed by atoms with E-state index < -0.39 is 10.1 Å². The first-order chi connectivity index (χ1) is 5.38. The molecule has 0 aliphatic heterocycles. The van der Waals surface area contributed by atoms with Crippen LogP contribution in [0.15, 0.2) is 35.3 Å². The Morgan fingerprint density at radius 2 is 1.92 bits per heavy atom. The Labute approximate surface area is 72.9 Å². The van der Waals surface area contributed by atoms with Crippen molar-refractivity contribution in [1.82, 2.24) is 0 Å². The van der Waals surface area contributed by atoms with E-state index >= 15 is 0 Å². The van der Waals surface area contributed by atoms with E-state index in [1.807, 2.05) is 19.9 Å². The zero-order chi connectivity index (χ0) is 9.78. The zero-order valence-electron chi connectivity index (χ0n) is 7.11. The Morgan fingerprint density at radius 3 is 2.25 bits per heavy atom. The molecule has 0 aromatic heterocycles. The van der Waals surface area contributed by atoms with Gasteiger partial charge in [-0.05, 0) is 19.9 Å². The van der Waals surface area contributed by atoms with Crippen LogP contribution in [0.3, 0.4) is 0 Å². The molecule has 0 aliphatic carbocycles. The summed E-state index contributed by atoms with van der Waals surface area (Å²) in [7, 11) is -4.12. The number of hydrogen-bond acceptors (Lipinski definition) is 2. The van der Waals surface area contributed by atoms with Crippen molar-refractivity contribution in [2.45, 2.75) is 13.8 Å². The maximum Gasteiger partial charge on any atom is 0.293 e. The molecule has 0 bridgehead atoms. The number of hydrogen-bond donors (Lipinski definition) is 1. The van der Waals surface area contributed by atoms with Gasteiger partial charge in [0.2, 0.25) is 0 Å². The first-order valence-electron chi connectivity index (χ1n) is 3.35. The Morgan fingerprint density at radius 1 is 1.42 bits per heavy atom. The zero-order valence-corrected chi connectivity index (χ0v) is 7.93. The van der Waals surface area contributed by atoms with Gasteiger partial charge in [0.15, 0.2) is 0 Å². The summed E-state index contributed by atoms with van der Waals surface area (Å²) in [4.78, 5) is -0.302. The van der Waals surface area contributed by atoms with Crippen molar-refractivity contribution in [3.63, 3.8) is 0 Å². The van der Waals surface area contributed by atoms with Crippen molar-refractivity contribution in [3.8, 4) is 0 Å². The molecule has 0 aliphatic rings. The quantitative estimate of drug-likeness (QED) is 0.543. The van der Waals surface area contributed by atoms with Crippen molar-refractivity contribution < 1.29 is 13.0 Å². The second-order valence-electron chi connectivity index (χ2n) is 2.31. The Kier molecular flexibility index (Phi) is 3.92. The highest BCUT2D eigenvalue weighted by Crippen LogP contribution is 2.04. The first-order valence-corrected chi connectivity index (χ1v) is 4.79. The minimum absolute atomic E-state index is 0.302. The van der Waals surface area contributed by atoms with Crippen molar-refractivity contribution in [1.29, 1.82) is 0 Å². The molecular weight excluding hydrogens is 176 g/mol. The molecule has 0 saturated carbocycles. The minimum Gasteiger partial charge on any atom is -0.282 e. The lowest BCUT2D eigenvalue weighted by atomic mass is 10.3. The molecule has 12 heavy (non-hydrogen) atoms. The van der Waals surface area contributed by atoms with Gasteiger partial charge >= 0.3 is 0 Å². The summed E-state index contributed by atoms with van der Waals surface area (Å²) < 4.78 is 29.3. The molecule has 0 amide bonds. The number of allylic oxidation sites excluding steroid dienone is 4. The maximum atomic E-state index is 10.4. The molecule has 0 atom stereocenters. The fourth-order valence-electron chi connectivity index (χ4n) is 0.407. The lowest BCUT2D eigenvalue weighted by Crippen LogP contribution is -1.97. The molecule has 0 unspecified atom stereocenters. The van der Waals surface area contributed by atoms with E-state index in [0.29, 0.717) is 0 Å². The van der Waals surface area contributed by atoms with Gasteiger partial charge in [-0.15, -0.1) is 0 Å². The molecule has 0 aromatic carbocycles. The van der Waals surface area contributed by atoms with Crippen molar-refractivity contribution in [3.05, 3.63) is 35.3 Å². The van der Waals surface area contributed by atoms with Crippen LogP contribution >= 0.6 is 0 Å². The monoisotopic (exact) mass is 188 g/mol. The lowest BCUT2D eigenvalue weighted by Gasteiger charge is -1.93. The van der Waals surface area contributed by atoms with E-state index in [1.165, 1.54) is 6.08 Å². The van der Waals surface area contributed by atoms with Gasteiger partial charge in [-0.2, -0.15) is 8.42 Å². The van der Waals surface area contributed by atoms with Gasteiger partial charge in [0, 0.05) is 0 Å². The predicted octanol–water partition coefficient (Wildman–Crippen LogP) is 1.91. The Bertz CT molecular complexity index is 320. The van der Waals surface area contributed by atoms with Crippen molar-refractivity contribution in [2.24, 2.45) is 0 Å². The SMILES string of the molecule is C=C(/C=C\C(C)=C/C)S(=O)(=O)O. The van der Waals surface area contributed by atoms with Crippen LogP contribution in [0.4, 0.5) is 0 Å². The lowest BCUT2D eigenvalue weighted by molar-refractivity contribution is 0.492. The number of rotatable bonds is 3. The summed E-state index contributed by atoms with van der Waals surface area (Å²) in [5.74, 6) is 0. The summed E-state index contributed by atoms with van der Waals surface area (Å²) in [6.07, 6.45) is 4.63. The predicted molar refractivity (Wildman–Crippen MR) is 49.3 cm³/mol. The van der Waals surface area contributed by atoms with Crippen LogP contribution in [0, 0.1) is 0 Å². The first kappa shape index (κ1) is 11.1. The van der Waals surface area contributed by atoms with Crippen LogP contribution < -0.4 is 0 Å². The summed E-state index contributed by atoms with van der Waals surface area (Å²) in [6.45, 7) is 6.82. The van der Waals surface area contributed by atoms with Gasteiger partial charge in [0.1, 0.15) is 0 Å². The van der Waals surface area contributed by atoms with Gasteiger partial charge in [0.25, 0.3) is 10.1 Å². The van der Waals surface area contributed by atoms with E-state index in [-0.39, 0.29) is 4.91 Å². The minimum atomic E-state index is -4.12. The molecule has 4 heteroatoms. The summed E-state index contributed by atoms with van der Waals surface area (Å²) in [5.41, 5.74) is 0.903. The van der Waals surface area contributed by atoms with Crippen LogP contribution in [-0.2, 0) is 10.1 Å². The highest BCUT2D eigenvalue weighted by Gasteiger charge is 2.05. The largest absolute Gasteiger partial charge is 0.293 e. The molecule has 68 valence electrons. The molecular formula is C8H12O3S. The normalized spacial score (nSPS) is 13.8. The molecule has 0 radical (unpaired) electrons. The van der Waals surface area contributed by atoms with Crippen LogP contribution in [0.5, 0.6) is 0 Å². The third-order valence-corrected chi connectivity index (χ3v) is 2.12. The Balaban J connectivity index is 4.51. The van der Waals surface area contributed by atoms with Gasteiger partial charge in [-0.3, -0.25) is 4.55 Å². The fraction of sp³-hybridized carbons (Fsp3) is 0.250. The summed E-state index contributed by atoms with van der Waals surface area (Å²) in [6, 6.07) is 0. The van der Waals surface area contributed by atoms with Crippen LogP contribution in [0.1, 0.15) is 13.8 Å². The van der Waals surface area contributed by atoms with E-state index in [4.69, 9.17) is 4.55 Å². The van der Waals surface area contributed by atoms with Crippen LogP contribution in [0.2, 0.25) is 0 Å². The molecule has 3 nitrogen and oxygen atoms in total. The molecule has 0 heterocycles. The molecule has 0 fully saturated rings. The smallest absolute Gasteiger partial charge is 0.282 e. The van der Waals surface area contributed by atoms with Gasteiger partial charge in [0.05, 0.1) is 4.91 Å². The second kappa shape index (κ2) is 4.23. The van der Waals surface area contributed by atoms with E-state index in [2.05, 4.69) is 6.58 Å². The van der Waals surface area contributed by atoms with E-state index in [9.17, 15) is 8.42 Å². The van der Waals surface area contributed by atoms with Gasteiger partial charge < -0.3 is 0 Å². The maximum absolute atomic E-state index is 10.4. The molecule has 0 spiro atoms. The Hall–Kier alpha value is -0.870. The van der Waals surface area contributed by atoms with E-state index in [1.54, 1.807) is 6.08 Å². The average molecular weight is 188 g/mol. The fourth-order valence-corrected chi connectivity index (χ4v) is 0.647. The molecule has 0 rings (SSSR count). The molecule has 0 aromatic rings. The van der Waals surface area contributed by atoms with E-state index in [0.717, 1.165) is 5.57 Å². The third-order valence-electron chi connectivity index (χ3n) is 1.32. The van der Waals surface area contributed by atoms with Crippen molar-refractivity contribution >= 4 is 10.1 Å². The highest BCUT2D eigenvalue weighted by atomic mass is 32.2. The third kappa shape index (κ3) is 4.10. The molecule has 1 N–H and O–H groups in total. The second-order valence-corrected chi connectivity index (χ2v) is 3.78. The highest BCUT2D eigenvalue weighted by molar-refractivity contribution is 7.90. The molecule has 0 saturated heterocycles. The summed E-state index contributed by atoms with van der Waals surface area (Å²) >= 11 is 0. The van der Waals surface area contributed by atoms with Gasteiger partial charge in [-0.25, -0.2) is 0 Å².